The number of nitrogens with one attached hydrogen (secondary N) is 1. The van der Waals surface area contributed by atoms with Crippen LogP contribution in [-0.4, -0.2) is 32.5 Å². The first-order valence-corrected chi connectivity index (χ1v) is 7.85. The summed E-state index contributed by atoms with van der Waals surface area (Å²) in [6.07, 6.45) is 0.449. The molecule has 25 heavy (non-hydrogen) atoms. The molecule has 0 saturated carbocycles. The van der Waals surface area contributed by atoms with Crippen molar-refractivity contribution >= 4 is 17.4 Å². The molecule has 6 heteroatoms. The minimum absolute atomic E-state index is 0.0643. The van der Waals surface area contributed by atoms with E-state index in [4.69, 9.17) is 14.2 Å². The van der Waals surface area contributed by atoms with E-state index < -0.39 is 0 Å². The molecule has 0 radical (unpaired) electrons. The Bertz CT molecular complexity index is 740. The molecule has 132 valence electrons. The largest absolute Gasteiger partial charge is 0.497 e. The van der Waals surface area contributed by atoms with Crippen LogP contribution < -0.4 is 19.5 Å². The number of hydrogen-bond donors (Lipinski definition) is 1. The number of carbonyl (C=O) groups is 2. The van der Waals surface area contributed by atoms with Crippen LogP contribution in [0.2, 0.25) is 0 Å². The third-order valence-corrected chi connectivity index (χ3v) is 3.55. The smallest absolute Gasteiger partial charge is 0.262 e. The maximum absolute atomic E-state index is 12.1. The summed E-state index contributed by atoms with van der Waals surface area (Å²) in [6.45, 7) is 1.64. The zero-order valence-corrected chi connectivity index (χ0v) is 14.5. The molecule has 0 saturated heterocycles. The fourth-order valence-corrected chi connectivity index (χ4v) is 2.19. The first kappa shape index (κ1) is 18.3. The molecule has 0 fully saturated rings. The molecule has 2 aromatic carbocycles. The molecule has 0 atom stereocenters. The van der Waals surface area contributed by atoms with Gasteiger partial charge in [-0.05, 0) is 36.4 Å². The van der Waals surface area contributed by atoms with Gasteiger partial charge in [-0.15, -0.1) is 0 Å². The van der Waals surface area contributed by atoms with Gasteiger partial charge in [0.1, 0.15) is 17.2 Å². The normalized spacial score (nSPS) is 10.0. The lowest BCUT2D eigenvalue weighted by molar-refractivity contribution is -0.118. The number of hydrogen-bond acceptors (Lipinski definition) is 5. The average molecular weight is 343 g/mol. The van der Waals surface area contributed by atoms with Crippen molar-refractivity contribution in [2.75, 3.05) is 26.1 Å². The van der Waals surface area contributed by atoms with Crippen LogP contribution in [0.1, 0.15) is 23.7 Å². The molecular formula is C19H21NO5. The summed E-state index contributed by atoms with van der Waals surface area (Å²) in [5.41, 5.74) is 1.12. The summed E-state index contributed by atoms with van der Waals surface area (Å²) < 4.78 is 15.8. The highest BCUT2D eigenvalue weighted by Crippen LogP contribution is 2.28. The van der Waals surface area contributed by atoms with Gasteiger partial charge < -0.3 is 19.5 Å². The maximum atomic E-state index is 12.1. The van der Waals surface area contributed by atoms with Gasteiger partial charge in [0.2, 0.25) is 0 Å². The molecule has 0 aliphatic heterocycles. The zero-order valence-electron chi connectivity index (χ0n) is 14.5. The topological polar surface area (TPSA) is 73.9 Å². The number of methoxy groups -OCH3 is 2. The van der Waals surface area contributed by atoms with Crippen LogP contribution >= 0.6 is 0 Å². The van der Waals surface area contributed by atoms with Crippen LogP contribution in [0.25, 0.3) is 0 Å². The van der Waals surface area contributed by atoms with Gasteiger partial charge in [-0.3, -0.25) is 9.59 Å². The minimum Gasteiger partial charge on any atom is -0.497 e. The van der Waals surface area contributed by atoms with Crippen molar-refractivity contribution in [3.05, 3.63) is 48.0 Å². The third-order valence-electron chi connectivity index (χ3n) is 3.55. The number of rotatable bonds is 8. The van der Waals surface area contributed by atoms with Crippen LogP contribution in [0, 0.1) is 0 Å². The Hall–Kier alpha value is -3.02. The fraction of sp³-hybridized carbons (Fsp3) is 0.263. The van der Waals surface area contributed by atoms with Crippen LogP contribution in [0.15, 0.2) is 42.5 Å². The van der Waals surface area contributed by atoms with Crippen LogP contribution in [0.5, 0.6) is 17.2 Å². The number of ketones is 1. The summed E-state index contributed by atoms with van der Waals surface area (Å²) in [5.74, 6) is 1.37. The lowest BCUT2D eigenvalue weighted by Crippen LogP contribution is -2.20. The fourth-order valence-electron chi connectivity index (χ4n) is 2.19. The molecule has 0 aliphatic rings. The van der Waals surface area contributed by atoms with Crippen molar-refractivity contribution in [3.63, 3.8) is 0 Å². The second kappa shape index (κ2) is 8.73. The molecular weight excluding hydrogens is 322 g/mol. The van der Waals surface area contributed by atoms with E-state index in [1.807, 2.05) is 6.92 Å². The van der Waals surface area contributed by atoms with E-state index in [1.165, 1.54) is 7.11 Å². The Morgan fingerprint density at radius 3 is 2.24 bits per heavy atom. The van der Waals surface area contributed by atoms with Crippen molar-refractivity contribution in [1.29, 1.82) is 0 Å². The standard InChI is InChI=1S/C19H21NO5/c1-4-17(21)13-5-7-14(8-6-13)25-12-19(22)20-16-11-15(23-2)9-10-18(16)24-3/h5-11H,4,12H2,1-3H3,(H,20,22). The van der Waals surface area contributed by atoms with Gasteiger partial charge in [0.15, 0.2) is 12.4 Å². The van der Waals surface area contributed by atoms with Crippen LogP contribution in [0.4, 0.5) is 5.69 Å². The van der Waals surface area contributed by atoms with E-state index in [9.17, 15) is 9.59 Å². The van der Waals surface area contributed by atoms with Gasteiger partial charge in [0, 0.05) is 18.1 Å². The number of ether oxygens (including phenoxy) is 3. The lowest BCUT2D eigenvalue weighted by atomic mass is 10.1. The molecule has 0 unspecified atom stereocenters. The molecule has 2 aromatic rings. The van der Waals surface area contributed by atoms with E-state index in [0.717, 1.165) is 0 Å². The van der Waals surface area contributed by atoms with E-state index >= 15 is 0 Å². The van der Waals surface area contributed by atoms with E-state index in [0.29, 0.717) is 34.9 Å². The molecule has 0 spiro atoms. The lowest BCUT2D eigenvalue weighted by Gasteiger charge is -2.12. The van der Waals surface area contributed by atoms with Gasteiger partial charge >= 0.3 is 0 Å². The Kier molecular flexibility index (Phi) is 6.39. The van der Waals surface area contributed by atoms with Crippen LogP contribution in [-0.2, 0) is 4.79 Å². The van der Waals surface area contributed by atoms with Crippen molar-refractivity contribution < 1.29 is 23.8 Å². The highest BCUT2D eigenvalue weighted by atomic mass is 16.5. The summed E-state index contributed by atoms with van der Waals surface area (Å²) in [4.78, 5) is 23.7. The third kappa shape index (κ3) is 4.97. The summed E-state index contributed by atoms with van der Waals surface area (Å²) in [5, 5.41) is 2.72. The number of amides is 1. The number of carbonyl (C=O) groups excluding carboxylic acids is 2. The summed E-state index contributed by atoms with van der Waals surface area (Å²) in [7, 11) is 3.07. The van der Waals surface area contributed by atoms with Crippen molar-refractivity contribution in [1.82, 2.24) is 0 Å². The Morgan fingerprint density at radius 1 is 0.960 bits per heavy atom. The summed E-state index contributed by atoms with van der Waals surface area (Å²) >= 11 is 0. The Balaban J connectivity index is 1.96. The monoisotopic (exact) mass is 343 g/mol. The van der Waals surface area contributed by atoms with Gasteiger partial charge in [-0.25, -0.2) is 0 Å². The van der Waals surface area contributed by atoms with Gasteiger partial charge in [-0.1, -0.05) is 6.92 Å². The predicted molar refractivity (Wildman–Crippen MR) is 94.7 cm³/mol. The quantitative estimate of drug-likeness (QED) is 0.744. The van der Waals surface area contributed by atoms with Gasteiger partial charge in [0.05, 0.1) is 19.9 Å². The molecule has 0 aliphatic carbocycles. The molecule has 0 bridgehead atoms. The van der Waals surface area contributed by atoms with E-state index in [1.54, 1.807) is 49.6 Å². The Morgan fingerprint density at radius 2 is 1.64 bits per heavy atom. The number of Topliss-reactive ketones (excluding diaryl/α,β-unsaturated/α-hetero) is 1. The van der Waals surface area contributed by atoms with Gasteiger partial charge in [-0.2, -0.15) is 0 Å². The first-order chi connectivity index (χ1) is 12.1. The molecule has 1 N–H and O–H groups in total. The second-order valence-corrected chi connectivity index (χ2v) is 5.20. The van der Waals surface area contributed by atoms with Crippen LogP contribution in [0.3, 0.4) is 0 Å². The van der Waals surface area contributed by atoms with Crippen molar-refractivity contribution in [3.8, 4) is 17.2 Å². The van der Waals surface area contributed by atoms with Crippen molar-refractivity contribution in [2.45, 2.75) is 13.3 Å². The second-order valence-electron chi connectivity index (χ2n) is 5.20. The first-order valence-electron chi connectivity index (χ1n) is 7.85. The maximum Gasteiger partial charge on any atom is 0.262 e. The minimum atomic E-state index is -0.333. The van der Waals surface area contributed by atoms with Gasteiger partial charge in [0.25, 0.3) is 5.91 Å². The number of anilines is 1. The number of benzene rings is 2. The SMILES string of the molecule is CCC(=O)c1ccc(OCC(=O)Nc2cc(OC)ccc2OC)cc1. The van der Waals surface area contributed by atoms with E-state index in [2.05, 4.69) is 5.32 Å². The zero-order chi connectivity index (χ0) is 18.2. The Labute approximate surface area is 146 Å². The molecule has 6 nitrogen and oxygen atoms in total. The highest BCUT2D eigenvalue weighted by Gasteiger charge is 2.10. The van der Waals surface area contributed by atoms with Crippen molar-refractivity contribution in [2.24, 2.45) is 0 Å². The summed E-state index contributed by atoms with van der Waals surface area (Å²) in [6, 6.07) is 11.8. The highest BCUT2D eigenvalue weighted by molar-refractivity contribution is 5.96. The predicted octanol–water partition coefficient (Wildman–Crippen LogP) is 3.31. The van der Waals surface area contributed by atoms with E-state index in [-0.39, 0.29) is 18.3 Å². The molecule has 1 amide bonds. The molecule has 0 aromatic heterocycles. The molecule has 0 heterocycles. The molecule has 2 rings (SSSR count). The average Bonchev–Trinajstić information content (AvgIpc) is 2.66.